The van der Waals surface area contributed by atoms with Crippen molar-refractivity contribution in [1.29, 1.82) is 0 Å². The van der Waals surface area contributed by atoms with Crippen LogP contribution in [0.15, 0.2) is 255 Å². The summed E-state index contributed by atoms with van der Waals surface area (Å²) >= 11 is 0. The standard InChI is InChI=1S/2C11H14F3N.C11H17NO.3C11H17N.2C10H14FN.C10H15N.C10H14/c1-8(2)15-7-9-3-5-10(6-4-9)11(12,13)14;1-8(2)15-7-9-4-3-5-10(6-9)11(12,13)14;1-9(2)12-8-10-6-4-5-7-11(10)13-3;1-9(2)12-8-11-6-4-10(3)5-7-11;1-9(2)12-8-11-6-4-5-10(3)7-11;1-9(2)12-8-11-7-5-4-6-10(11)3;1-8(2)12-7-9-3-5-10(11)6-4-9;1-8(2)12-7-9-4-3-5-10(11)6-9;1-9(2)11-8-10-6-4-3-5-7-10;1-9(2)8-10-6-4-3-5-7-10/h2*3-6,8,15H,7H2,1-2H3;4-7,9,12H,8H2,1-3H3;3*4-7,9,12H,8H2,1-3H3;2*3-6,8,12H,7H2,1-2H3;3-7,9,11H,8H2,1-2H3;3-7,9H,8H2,1-2H3. The molecule has 0 spiro atoms. The lowest BCUT2D eigenvalue weighted by Gasteiger charge is -2.11. The second kappa shape index (κ2) is 65.6. The molecule has 0 amide bonds. The van der Waals surface area contributed by atoms with Crippen molar-refractivity contribution in [2.24, 2.45) is 5.92 Å². The molecule has 124 heavy (non-hydrogen) atoms. The van der Waals surface area contributed by atoms with Crippen molar-refractivity contribution < 1.29 is 39.9 Å². The van der Waals surface area contributed by atoms with Gasteiger partial charge >= 0.3 is 12.4 Å². The van der Waals surface area contributed by atoms with E-state index in [-0.39, 0.29) is 17.7 Å². The number of methoxy groups -OCH3 is 1. The van der Waals surface area contributed by atoms with Gasteiger partial charge in [0.05, 0.1) is 18.2 Å². The highest BCUT2D eigenvalue weighted by atomic mass is 19.4. The van der Waals surface area contributed by atoms with Crippen molar-refractivity contribution in [3.8, 4) is 5.75 Å². The Morgan fingerprint density at radius 1 is 0.250 bits per heavy atom. The smallest absolute Gasteiger partial charge is 0.416 e. The molecule has 684 valence electrons. The highest BCUT2D eigenvalue weighted by Crippen LogP contribution is 2.31. The zero-order valence-corrected chi connectivity index (χ0v) is 79.0. The Kier molecular flexibility index (Phi) is 59.9. The van der Waals surface area contributed by atoms with Crippen molar-refractivity contribution in [1.82, 2.24) is 47.9 Å². The number of nitrogens with one attached hydrogen (secondary N) is 9. The van der Waals surface area contributed by atoms with Gasteiger partial charge in [-0.25, -0.2) is 8.78 Å². The van der Waals surface area contributed by atoms with Crippen LogP contribution < -0.4 is 52.6 Å². The fraction of sp³-hybridized carbons (Fsp3) is 0.434. The number of para-hydroxylation sites is 1. The van der Waals surface area contributed by atoms with Gasteiger partial charge in [0, 0.05) is 119 Å². The summed E-state index contributed by atoms with van der Waals surface area (Å²) in [6, 6.07) is 82.9. The van der Waals surface area contributed by atoms with Gasteiger partial charge in [0.2, 0.25) is 0 Å². The van der Waals surface area contributed by atoms with E-state index in [1.165, 1.54) is 99.0 Å². The number of hydrogen-bond donors (Lipinski definition) is 9. The second-order valence-corrected chi connectivity index (χ2v) is 33.8. The molecule has 10 aromatic rings. The van der Waals surface area contributed by atoms with Crippen LogP contribution in [-0.2, 0) is 77.7 Å². The predicted octanol–water partition coefficient (Wildman–Crippen LogP) is 25.8. The SMILES string of the molecule is CC(C)Cc1ccccc1.CC(C)NCc1ccc(C(F)(F)F)cc1.CC(C)NCc1ccc(F)cc1.CC(C)NCc1cccc(C(F)(F)F)c1.CC(C)NCc1cccc(F)c1.CC(C)NCc1ccccc1.COc1ccccc1CNC(C)C.Cc1ccc(CNC(C)C)cc1.Cc1cccc(CNC(C)C)c1.Cc1ccccc1CNC(C)C. The Hall–Kier alpha value is -8.92. The molecule has 10 aromatic carbocycles. The normalized spacial score (nSPS) is 11.0. The van der Waals surface area contributed by atoms with Crippen LogP contribution in [0.25, 0.3) is 0 Å². The van der Waals surface area contributed by atoms with Crippen LogP contribution in [0.2, 0.25) is 0 Å². The van der Waals surface area contributed by atoms with E-state index < -0.39 is 23.5 Å². The fourth-order valence-corrected chi connectivity index (χ4v) is 10.7. The highest BCUT2D eigenvalue weighted by Gasteiger charge is 2.31. The topological polar surface area (TPSA) is 118 Å². The molecule has 10 rings (SSSR count). The van der Waals surface area contributed by atoms with Crippen LogP contribution >= 0.6 is 0 Å². The minimum absolute atomic E-state index is 0.168. The van der Waals surface area contributed by atoms with E-state index in [0.717, 1.165) is 92.4 Å². The minimum Gasteiger partial charge on any atom is -0.496 e. The van der Waals surface area contributed by atoms with E-state index in [0.29, 0.717) is 67.0 Å². The van der Waals surface area contributed by atoms with Crippen molar-refractivity contribution >= 4 is 0 Å². The van der Waals surface area contributed by atoms with Crippen LogP contribution in [0, 0.1) is 38.3 Å². The lowest BCUT2D eigenvalue weighted by molar-refractivity contribution is -0.138. The monoisotopic (exact) mass is 1720 g/mol. The average Bonchev–Trinajstić information content (AvgIpc) is 0.875. The molecular formula is C106H153F8N9O. The summed E-state index contributed by atoms with van der Waals surface area (Å²) in [6.07, 6.45) is -7.31. The maximum Gasteiger partial charge on any atom is 0.416 e. The number of benzene rings is 10. The van der Waals surface area contributed by atoms with Crippen molar-refractivity contribution in [3.63, 3.8) is 0 Å². The zero-order valence-electron chi connectivity index (χ0n) is 79.0. The third-order valence-corrected chi connectivity index (χ3v) is 17.7. The number of aryl methyl sites for hydroxylation is 3. The first-order chi connectivity index (χ1) is 58.5. The fourth-order valence-electron chi connectivity index (χ4n) is 10.7. The molecule has 0 unspecified atom stereocenters. The van der Waals surface area contributed by atoms with Gasteiger partial charge in [-0.15, -0.1) is 0 Å². The highest BCUT2D eigenvalue weighted by molar-refractivity contribution is 5.34. The molecule has 9 N–H and O–H groups in total. The molecule has 0 saturated carbocycles. The average molecular weight is 1720 g/mol. The van der Waals surface area contributed by atoms with E-state index in [4.69, 9.17) is 4.74 Å². The molecule has 0 heterocycles. The van der Waals surface area contributed by atoms with Crippen LogP contribution in [0.4, 0.5) is 35.1 Å². The van der Waals surface area contributed by atoms with Gasteiger partial charge in [-0.05, 0) is 137 Å². The number of halogens is 8. The summed E-state index contributed by atoms with van der Waals surface area (Å²) in [5.74, 6) is 1.37. The molecular weight excluding hydrogens is 1570 g/mol. The molecule has 0 saturated heterocycles. The summed E-state index contributed by atoms with van der Waals surface area (Å²) in [5, 5.41) is 29.6. The summed E-state index contributed by atoms with van der Waals surface area (Å²) in [7, 11) is 1.70. The zero-order chi connectivity index (χ0) is 93.0. The van der Waals surface area contributed by atoms with Crippen molar-refractivity contribution in [2.75, 3.05) is 7.11 Å². The quantitative estimate of drug-likeness (QED) is 0.0202. The third-order valence-electron chi connectivity index (χ3n) is 17.7. The first kappa shape index (κ1) is 113. The van der Waals surface area contributed by atoms with Crippen LogP contribution in [-0.4, -0.2) is 61.5 Å². The van der Waals surface area contributed by atoms with E-state index in [1.54, 1.807) is 37.4 Å². The largest absolute Gasteiger partial charge is 0.496 e. The summed E-state index contributed by atoms with van der Waals surface area (Å²) < 4.78 is 104. The Morgan fingerprint density at radius 3 is 0.935 bits per heavy atom. The lowest BCUT2D eigenvalue weighted by Crippen LogP contribution is -2.22. The van der Waals surface area contributed by atoms with Gasteiger partial charge in [0.15, 0.2) is 0 Å². The lowest BCUT2D eigenvalue weighted by atomic mass is 10.0. The maximum absolute atomic E-state index is 12.7. The van der Waals surface area contributed by atoms with E-state index in [9.17, 15) is 35.1 Å². The number of ether oxygens (including phenoxy) is 1. The second-order valence-electron chi connectivity index (χ2n) is 33.8. The maximum atomic E-state index is 12.7. The van der Waals surface area contributed by atoms with Gasteiger partial charge in [0.1, 0.15) is 17.4 Å². The molecule has 0 aromatic heterocycles. The number of alkyl halides is 6. The van der Waals surface area contributed by atoms with Crippen LogP contribution in [0.3, 0.4) is 0 Å². The first-order valence-electron chi connectivity index (χ1n) is 43.8. The number of hydrogen-bond acceptors (Lipinski definition) is 10. The Labute approximate surface area is 743 Å². The van der Waals surface area contributed by atoms with Crippen LogP contribution in [0.5, 0.6) is 5.75 Å². The predicted molar refractivity (Wildman–Crippen MR) is 511 cm³/mol. The van der Waals surface area contributed by atoms with Gasteiger partial charge in [-0.3, -0.25) is 0 Å². The molecule has 0 aliphatic carbocycles. The van der Waals surface area contributed by atoms with E-state index >= 15 is 0 Å². The van der Waals surface area contributed by atoms with Gasteiger partial charge < -0.3 is 52.6 Å². The van der Waals surface area contributed by atoms with E-state index in [1.807, 2.05) is 58.0 Å². The summed E-state index contributed by atoms with van der Waals surface area (Å²) in [6.45, 7) is 56.0. The molecule has 18 heteroatoms. The molecule has 0 radical (unpaired) electrons. The number of rotatable bonds is 30. The third kappa shape index (κ3) is 61.4. The Balaban J connectivity index is 0.000000690. The molecule has 0 atom stereocenters. The van der Waals surface area contributed by atoms with Crippen molar-refractivity contribution in [3.05, 3.63) is 350 Å². The summed E-state index contributed by atoms with van der Waals surface area (Å²) in [5.41, 5.74) is 14.6. The van der Waals surface area contributed by atoms with Gasteiger partial charge in [-0.2, -0.15) is 26.3 Å². The molecule has 0 aliphatic rings. The minimum atomic E-state index is -4.26. The Bertz CT molecular complexity index is 4140. The van der Waals surface area contributed by atoms with E-state index in [2.05, 4.69) is 313 Å². The van der Waals surface area contributed by atoms with Gasteiger partial charge in [-0.1, -0.05) is 356 Å². The molecule has 0 bridgehead atoms. The van der Waals surface area contributed by atoms with Crippen molar-refractivity contribution in [2.45, 2.75) is 291 Å². The Morgan fingerprint density at radius 2 is 0.556 bits per heavy atom. The van der Waals surface area contributed by atoms with Gasteiger partial charge in [0.25, 0.3) is 0 Å². The molecule has 10 nitrogen and oxygen atoms in total. The first-order valence-corrected chi connectivity index (χ1v) is 43.8. The molecule has 0 fully saturated rings. The molecule has 0 aliphatic heterocycles. The van der Waals surface area contributed by atoms with Crippen LogP contribution in [0.1, 0.15) is 222 Å². The summed E-state index contributed by atoms with van der Waals surface area (Å²) in [4.78, 5) is 0.